The van der Waals surface area contributed by atoms with Crippen molar-refractivity contribution in [1.29, 1.82) is 0 Å². The Kier molecular flexibility index (Phi) is 5.76. The van der Waals surface area contributed by atoms with E-state index in [4.69, 9.17) is 0 Å². The van der Waals surface area contributed by atoms with Gasteiger partial charge in [-0.15, -0.1) is 0 Å². The molecule has 1 aromatic carbocycles. The highest BCUT2D eigenvalue weighted by atomic mass is 14.8. The summed E-state index contributed by atoms with van der Waals surface area (Å²) in [7, 11) is 0. The zero-order chi connectivity index (χ0) is 10.1. The van der Waals surface area contributed by atoms with Crippen LogP contribution in [0.15, 0.2) is 42.5 Å². The minimum absolute atomic E-state index is 1.05. The van der Waals surface area contributed by atoms with E-state index in [1.54, 1.807) is 0 Å². The first kappa shape index (κ1) is 11.0. The fourth-order valence-electron chi connectivity index (χ4n) is 1.31. The van der Waals surface area contributed by atoms with Crippen LogP contribution in [0.25, 0.3) is 0 Å². The van der Waals surface area contributed by atoms with Gasteiger partial charge in [-0.1, -0.05) is 49.4 Å². The summed E-state index contributed by atoms with van der Waals surface area (Å²) in [6.45, 7) is 4.28. The Bertz CT molecular complexity index is 251. The van der Waals surface area contributed by atoms with Crippen LogP contribution in [-0.4, -0.2) is 13.1 Å². The lowest BCUT2D eigenvalue weighted by Gasteiger charge is -1.96. The van der Waals surface area contributed by atoms with E-state index in [-0.39, 0.29) is 0 Å². The summed E-state index contributed by atoms with van der Waals surface area (Å²) in [5, 5.41) is 3.30. The predicted octanol–water partition coefficient (Wildman–Crippen LogP) is 2.78. The predicted molar refractivity (Wildman–Crippen MR) is 62.4 cm³/mol. The van der Waals surface area contributed by atoms with Crippen LogP contribution >= 0.6 is 0 Å². The summed E-state index contributed by atoms with van der Waals surface area (Å²) in [5.74, 6) is 0. The van der Waals surface area contributed by atoms with Crippen molar-refractivity contribution in [1.82, 2.24) is 5.32 Å². The van der Waals surface area contributed by atoms with Gasteiger partial charge < -0.3 is 5.32 Å². The van der Waals surface area contributed by atoms with Crippen LogP contribution in [0, 0.1) is 0 Å². The van der Waals surface area contributed by atoms with Gasteiger partial charge in [-0.25, -0.2) is 0 Å². The van der Waals surface area contributed by atoms with Crippen molar-refractivity contribution >= 4 is 0 Å². The quantitative estimate of drug-likeness (QED) is 0.536. The lowest BCUT2D eigenvalue weighted by Crippen LogP contribution is -2.12. The van der Waals surface area contributed by atoms with Crippen molar-refractivity contribution in [2.45, 2.75) is 19.8 Å². The lowest BCUT2D eigenvalue weighted by atomic mass is 10.1. The first-order chi connectivity index (χ1) is 6.93. The second-order valence-electron chi connectivity index (χ2n) is 3.30. The summed E-state index contributed by atoms with van der Waals surface area (Å²) in [6.07, 6.45) is 6.66. The van der Waals surface area contributed by atoms with Crippen molar-refractivity contribution in [3.05, 3.63) is 48.0 Å². The van der Waals surface area contributed by atoms with Crippen LogP contribution in [0.4, 0.5) is 0 Å². The van der Waals surface area contributed by atoms with Crippen molar-refractivity contribution < 1.29 is 0 Å². The second-order valence-corrected chi connectivity index (χ2v) is 3.30. The van der Waals surface area contributed by atoms with E-state index in [1.165, 1.54) is 5.56 Å². The summed E-state index contributed by atoms with van der Waals surface area (Å²) >= 11 is 0. The summed E-state index contributed by atoms with van der Waals surface area (Å²) in [4.78, 5) is 0. The zero-order valence-corrected chi connectivity index (χ0v) is 8.87. The van der Waals surface area contributed by atoms with Crippen LogP contribution in [0.2, 0.25) is 0 Å². The van der Waals surface area contributed by atoms with Crippen molar-refractivity contribution in [3.8, 4) is 0 Å². The Morgan fingerprint density at radius 1 is 1.14 bits per heavy atom. The molecule has 1 rings (SSSR count). The Morgan fingerprint density at radius 2 is 1.93 bits per heavy atom. The lowest BCUT2D eigenvalue weighted by molar-refractivity contribution is 0.726. The van der Waals surface area contributed by atoms with E-state index in [0.717, 1.165) is 25.9 Å². The third-order valence-corrected chi connectivity index (χ3v) is 2.10. The van der Waals surface area contributed by atoms with Gasteiger partial charge >= 0.3 is 0 Å². The van der Waals surface area contributed by atoms with Gasteiger partial charge in [0.1, 0.15) is 0 Å². The molecule has 0 aliphatic carbocycles. The van der Waals surface area contributed by atoms with Gasteiger partial charge in [0.25, 0.3) is 0 Å². The molecular formula is C13H19N. The Morgan fingerprint density at radius 3 is 2.64 bits per heavy atom. The molecule has 1 nitrogen and oxygen atoms in total. The fraction of sp³-hybridized carbons (Fsp3) is 0.385. The Balaban J connectivity index is 2.14. The number of hydrogen-bond acceptors (Lipinski definition) is 1. The van der Waals surface area contributed by atoms with Gasteiger partial charge in [0, 0.05) is 0 Å². The molecule has 0 spiro atoms. The number of nitrogens with one attached hydrogen (secondary N) is 1. The van der Waals surface area contributed by atoms with Gasteiger partial charge in [-0.05, 0) is 31.5 Å². The molecule has 76 valence electrons. The van der Waals surface area contributed by atoms with Crippen molar-refractivity contribution in [3.63, 3.8) is 0 Å². The van der Waals surface area contributed by atoms with E-state index >= 15 is 0 Å². The molecule has 0 bridgehead atoms. The first-order valence-corrected chi connectivity index (χ1v) is 5.33. The molecule has 0 unspecified atom stereocenters. The molecule has 1 aromatic rings. The molecular weight excluding hydrogens is 170 g/mol. The summed E-state index contributed by atoms with van der Waals surface area (Å²) < 4.78 is 0. The topological polar surface area (TPSA) is 12.0 Å². The number of rotatable bonds is 6. The van der Waals surface area contributed by atoms with Gasteiger partial charge in [0.15, 0.2) is 0 Å². The summed E-state index contributed by atoms with van der Waals surface area (Å²) in [5.41, 5.74) is 1.38. The maximum absolute atomic E-state index is 3.30. The van der Waals surface area contributed by atoms with E-state index in [2.05, 4.69) is 54.7 Å². The Labute approximate surface area is 86.8 Å². The largest absolute Gasteiger partial charge is 0.317 e. The average molecular weight is 189 g/mol. The van der Waals surface area contributed by atoms with Gasteiger partial charge in [0.05, 0.1) is 0 Å². The third-order valence-electron chi connectivity index (χ3n) is 2.10. The molecule has 0 heterocycles. The van der Waals surface area contributed by atoms with Crippen LogP contribution in [0.3, 0.4) is 0 Å². The molecule has 0 fully saturated rings. The minimum atomic E-state index is 1.05. The van der Waals surface area contributed by atoms with Gasteiger partial charge in [-0.3, -0.25) is 0 Å². The normalized spacial score (nSPS) is 10.9. The molecule has 0 saturated carbocycles. The highest BCUT2D eigenvalue weighted by Gasteiger charge is 1.85. The zero-order valence-electron chi connectivity index (χ0n) is 8.87. The molecule has 0 aromatic heterocycles. The molecule has 1 heteroatoms. The minimum Gasteiger partial charge on any atom is -0.317 e. The van der Waals surface area contributed by atoms with E-state index in [0.29, 0.717) is 0 Å². The highest BCUT2D eigenvalue weighted by Crippen LogP contribution is 2.00. The van der Waals surface area contributed by atoms with Crippen molar-refractivity contribution in [2.24, 2.45) is 0 Å². The standard InChI is InChI=1S/C13H19N/c1-2-14-12-8-4-7-11-13-9-5-3-6-10-13/h3-7,9-10,14H,2,8,11-12H2,1H3. The maximum Gasteiger partial charge on any atom is -0.00144 e. The Hall–Kier alpha value is -1.08. The molecule has 14 heavy (non-hydrogen) atoms. The van der Waals surface area contributed by atoms with Crippen molar-refractivity contribution in [2.75, 3.05) is 13.1 Å². The number of hydrogen-bond donors (Lipinski definition) is 1. The molecule has 0 atom stereocenters. The van der Waals surface area contributed by atoms with Crippen LogP contribution in [-0.2, 0) is 6.42 Å². The van der Waals surface area contributed by atoms with Crippen LogP contribution in [0.5, 0.6) is 0 Å². The maximum atomic E-state index is 3.30. The average Bonchev–Trinajstić information content (AvgIpc) is 2.25. The SMILES string of the molecule is CCNCCC=CCc1ccccc1. The molecule has 0 radical (unpaired) electrons. The number of benzene rings is 1. The molecule has 0 saturated heterocycles. The highest BCUT2D eigenvalue weighted by molar-refractivity contribution is 5.17. The van der Waals surface area contributed by atoms with E-state index in [9.17, 15) is 0 Å². The summed E-state index contributed by atoms with van der Waals surface area (Å²) in [6, 6.07) is 10.5. The third kappa shape index (κ3) is 4.83. The van der Waals surface area contributed by atoms with Crippen LogP contribution in [0.1, 0.15) is 18.9 Å². The molecule has 0 aliphatic heterocycles. The smallest absolute Gasteiger partial charge is 0.00144 e. The van der Waals surface area contributed by atoms with E-state index < -0.39 is 0 Å². The number of allylic oxidation sites excluding steroid dienone is 1. The van der Waals surface area contributed by atoms with Crippen LogP contribution < -0.4 is 5.32 Å². The first-order valence-electron chi connectivity index (χ1n) is 5.33. The fourth-order valence-corrected chi connectivity index (χ4v) is 1.31. The van der Waals surface area contributed by atoms with Gasteiger partial charge in [-0.2, -0.15) is 0 Å². The molecule has 0 aliphatic rings. The second kappa shape index (κ2) is 7.34. The monoisotopic (exact) mass is 189 g/mol. The molecule has 0 amide bonds. The molecule has 1 N–H and O–H groups in total. The van der Waals surface area contributed by atoms with E-state index in [1.807, 2.05) is 0 Å². The van der Waals surface area contributed by atoms with Gasteiger partial charge in [0.2, 0.25) is 0 Å².